The molecule has 0 atom stereocenters. The lowest BCUT2D eigenvalue weighted by atomic mass is 10.2. The minimum atomic E-state index is -0.369. The zero-order valence-electron chi connectivity index (χ0n) is 12.1. The SMILES string of the molecule is CCCNc1cnccc1C(=O)N(C)c1cccc(F)c1. The highest BCUT2D eigenvalue weighted by Gasteiger charge is 2.17. The second-order valence-corrected chi connectivity index (χ2v) is 4.69. The van der Waals surface area contributed by atoms with E-state index in [1.54, 1.807) is 37.6 Å². The number of rotatable bonds is 5. The number of nitrogens with zero attached hydrogens (tertiary/aromatic N) is 2. The predicted molar refractivity (Wildman–Crippen MR) is 82.2 cm³/mol. The fourth-order valence-electron chi connectivity index (χ4n) is 1.96. The molecule has 0 fully saturated rings. The van der Waals surface area contributed by atoms with E-state index in [0.29, 0.717) is 16.9 Å². The van der Waals surface area contributed by atoms with Crippen LogP contribution in [0.4, 0.5) is 15.8 Å². The van der Waals surface area contributed by atoms with Gasteiger partial charge in [0, 0.05) is 25.5 Å². The van der Waals surface area contributed by atoms with Crippen LogP contribution in [0, 0.1) is 5.82 Å². The van der Waals surface area contributed by atoms with Gasteiger partial charge in [-0.05, 0) is 30.7 Å². The third kappa shape index (κ3) is 3.56. The van der Waals surface area contributed by atoms with Crippen molar-refractivity contribution in [3.05, 3.63) is 54.1 Å². The third-order valence-corrected chi connectivity index (χ3v) is 3.12. The number of aromatic nitrogens is 1. The summed E-state index contributed by atoms with van der Waals surface area (Å²) in [5, 5.41) is 3.18. The van der Waals surface area contributed by atoms with Gasteiger partial charge in [-0.3, -0.25) is 9.78 Å². The average molecular weight is 287 g/mol. The van der Waals surface area contributed by atoms with Gasteiger partial charge in [-0.25, -0.2) is 4.39 Å². The van der Waals surface area contributed by atoms with E-state index >= 15 is 0 Å². The van der Waals surface area contributed by atoms with Crippen molar-refractivity contribution >= 4 is 17.3 Å². The molecule has 1 heterocycles. The van der Waals surface area contributed by atoms with Crippen LogP contribution in [0.3, 0.4) is 0 Å². The summed E-state index contributed by atoms with van der Waals surface area (Å²) in [6.07, 6.45) is 4.15. The maximum atomic E-state index is 13.3. The van der Waals surface area contributed by atoms with Gasteiger partial charge in [0.15, 0.2) is 0 Å². The Morgan fingerprint density at radius 3 is 2.90 bits per heavy atom. The van der Waals surface area contributed by atoms with Crippen molar-refractivity contribution in [2.24, 2.45) is 0 Å². The number of anilines is 2. The molecule has 1 aromatic heterocycles. The predicted octanol–water partition coefficient (Wildman–Crippen LogP) is 3.32. The Morgan fingerprint density at radius 1 is 1.38 bits per heavy atom. The monoisotopic (exact) mass is 287 g/mol. The molecule has 0 radical (unpaired) electrons. The van der Waals surface area contributed by atoms with E-state index in [1.165, 1.54) is 17.0 Å². The molecule has 2 aromatic rings. The van der Waals surface area contributed by atoms with Crippen molar-refractivity contribution in [1.29, 1.82) is 0 Å². The standard InChI is InChI=1S/C16H18FN3O/c1-3-8-19-15-11-18-9-7-14(15)16(21)20(2)13-6-4-5-12(17)10-13/h4-7,9-11,19H,3,8H2,1-2H3. The van der Waals surface area contributed by atoms with Gasteiger partial charge in [0.2, 0.25) is 0 Å². The van der Waals surface area contributed by atoms with Crippen LogP contribution in [0.15, 0.2) is 42.7 Å². The first-order chi connectivity index (χ1) is 10.1. The molecular formula is C16H18FN3O. The number of carbonyl (C=O) groups is 1. The average Bonchev–Trinajstić information content (AvgIpc) is 2.51. The summed E-state index contributed by atoms with van der Waals surface area (Å²) in [6, 6.07) is 7.62. The van der Waals surface area contributed by atoms with Gasteiger partial charge in [0.25, 0.3) is 5.91 Å². The Hall–Kier alpha value is -2.43. The lowest BCUT2D eigenvalue weighted by molar-refractivity contribution is 0.0993. The molecule has 0 aliphatic rings. The molecule has 0 unspecified atom stereocenters. The molecule has 5 heteroatoms. The van der Waals surface area contributed by atoms with E-state index in [0.717, 1.165) is 13.0 Å². The van der Waals surface area contributed by atoms with Crippen molar-refractivity contribution in [3.8, 4) is 0 Å². The topological polar surface area (TPSA) is 45.2 Å². The van der Waals surface area contributed by atoms with Crippen molar-refractivity contribution in [2.75, 3.05) is 23.8 Å². The summed E-state index contributed by atoms with van der Waals surface area (Å²) in [5.74, 6) is -0.576. The van der Waals surface area contributed by atoms with Crippen molar-refractivity contribution in [2.45, 2.75) is 13.3 Å². The minimum Gasteiger partial charge on any atom is -0.383 e. The number of carbonyl (C=O) groups excluding carboxylic acids is 1. The number of halogens is 1. The number of amides is 1. The molecular weight excluding hydrogens is 269 g/mol. The normalized spacial score (nSPS) is 10.2. The summed E-state index contributed by atoms with van der Waals surface area (Å²) in [5.41, 5.74) is 1.72. The van der Waals surface area contributed by atoms with Crippen molar-refractivity contribution in [1.82, 2.24) is 4.98 Å². The molecule has 1 aromatic carbocycles. The Bertz CT molecular complexity index is 630. The Morgan fingerprint density at radius 2 is 2.19 bits per heavy atom. The molecule has 110 valence electrons. The molecule has 1 N–H and O–H groups in total. The van der Waals surface area contributed by atoms with Crippen LogP contribution in [-0.2, 0) is 0 Å². The zero-order valence-corrected chi connectivity index (χ0v) is 12.1. The first-order valence-corrected chi connectivity index (χ1v) is 6.85. The minimum absolute atomic E-state index is 0.207. The quantitative estimate of drug-likeness (QED) is 0.917. The van der Waals surface area contributed by atoms with Gasteiger partial charge in [0.05, 0.1) is 17.4 Å². The summed E-state index contributed by atoms with van der Waals surface area (Å²) in [4.78, 5) is 18.0. The summed E-state index contributed by atoms with van der Waals surface area (Å²) in [7, 11) is 1.63. The molecule has 0 spiro atoms. The number of hydrogen-bond acceptors (Lipinski definition) is 3. The Balaban J connectivity index is 2.27. The number of pyridine rings is 1. The first-order valence-electron chi connectivity index (χ1n) is 6.85. The van der Waals surface area contributed by atoms with E-state index in [-0.39, 0.29) is 11.7 Å². The highest BCUT2D eigenvalue weighted by molar-refractivity contribution is 6.09. The summed E-state index contributed by atoms with van der Waals surface area (Å²) < 4.78 is 13.3. The number of hydrogen-bond donors (Lipinski definition) is 1. The second-order valence-electron chi connectivity index (χ2n) is 4.69. The van der Waals surface area contributed by atoms with E-state index < -0.39 is 0 Å². The highest BCUT2D eigenvalue weighted by atomic mass is 19.1. The van der Waals surface area contributed by atoms with Crippen molar-refractivity contribution in [3.63, 3.8) is 0 Å². The molecule has 0 saturated heterocycles. The smallest absolute Gasteiger partial charge is 0.260 e. The van der Waals surface area contributed by atoms with Gasteiger partial charge in [0.1, 0.15) is 5.82 Å². The van der Waals surface area contributed by atoms with Crippen LogP contribution in [0.1, 0.15) is 23.7 Å². The highest BCUT2D eigenvalue weighted by Crippen LogP contribution is 2.20. The van der Waals surface area contributed by atoms with E-state index in [4.69, 9.17) is 0 Å². The van der Waals surface area contributed by atoms with Crippen LogP contribution in [-0.4, -0.2) is 24.5 Å². The molecule has 2 rings (SSSR count). The van der Waals surface area contributed by atoms with E-state index in [1.807, 2.05) is 6.92 Å². The molecule has 1 amide bonds. The van der Waals surface area contributed by atoms with Crippen molar-refractivity contribution < 1.29 is 9.18 Å². The first kappa shape index (κ1) is 15.0. The maximum Gasteiger partial charge on any atom is 0.260 e. The van der Waals surface area contributed by atoms with Gasteiger partial charge < -0.3 is 10.2 Å². The lowest BCUT2D eigenvalue weighted by Crippen LogP contribution is -2.27. The summed E-state index contributed by atoms with van der Waals surface area (Å²) in [6.45, 7) is 2.80. The van der Waals surface area contributed by atoms with E-state index in [2.05, 4.69) is 10.3 Å². The zero-order chi connectivity index (χ0) is 15.2. The van der Waals surface area contributed by atoms with E-state index in [9.17, 15) is 9.18 Å². The van der Waals surface area contributed by atoms with Gasteiger partial charge in [-0.1, -0.05) is 13.0 Å². The fourth-order valence-corrected chi connectivity index (χ4v) is 1.96. The molecule has 0 bridgehead atoms. The molecule has 0 aliphatic heterocycles. The van der Waals surface area contributed by atoms with Crippen LogP contribution in [0.2, 0.25) is 0 Å². The van der Waals surface area contributed by atoms with Gasteiger partial charge >= 0.3 is 0 Å². The maximum absolute atomic E-state index is 13.3. The molecule has 0 aliphatic carbocycles. The number of nitrogens with one attached hydrogen (secondary N) is 1. The lowest BCUT2D eigenvalue weighted by Gasteiger charge is -2.19. The third-order valence-electron chi connectivity index (χ3n) is 3.12. The Labute approximate surface area is 123 Å². The Kier molecular flexibility index (Phi) is 4.87. The fraction of sp³-hybridized carbons (Fsp3) is 0.250. The number of benzene rings is 1. The van der Waals surface area contributed by atoms with Crippen LogP contribution in [0.5, 0.6) is 0 Å². The van der Waals surface area contributed by atoms with Crippen LogP contribution < -0.4 is 10.2 Å². The van der Waals surface area contributed by atoms with Gasteiger partial charge in [-0.2, -0.15) is 0 Å². The summed E-state index contributed by atoms with van der Waals surface area (Å²) >= 11 is 0. The van der Waals surface area contributed by atoms with Crippen LogP contribution >= 0.6 is 0 Å². The van der Waals surface area contributed by atoms with Crippen LogP contribution in [0.25, 0.3) is 0 Å². The molecule has 0 saturated carbocycles. The molecule has 4 nitrogen and oxygen atoms in total. The van der Waals surface area contributed by atoms with Gasteiger partial charge in [-0.15, -0.1) is 0 Å². The largest absolute Gasteiger partial charge is 0.383 e. The molecule has 21 heavy (non-hydrogen) atoms. The second kappa shape index (κ2) is 6.83.